The third kappa shape index (κ3) is 6.48. The maximum Gasteiger partial charge on any atom is 0.416 e. The van der Waals surface area contributed by atoms with E-state index in [9.17, 15) is 26.3 Å². The summed E-state index contributed by atoms with van der Waals surface area (Å²) in [4.78, 5) is 3.89. The lowest BCUT2D eigenvalue weighted by Gasteiger charge is -2.05. The van der Waals surface area contributed by atoms with Crippen LogP contribution in [-0.2, 0) is 12.4 Å². The largest absolute Gasteiger partial charge is 0.416 e. The van der Waals surface area contributed by atoms with Crippen LogP contribution < -0.4 is 0 Å². The molecule has 0 radical (unpaired) electrons. The quantitative estimate of drug-likeness (QED) is 0.131. The lowest BCUT2D eigenvalue weighted by molar-refractivity contribution is -0.138. The molecule has 0 aliphatic rings. The Hall–Kier alpha value is -3.80. The number of halogens is 6. The van der Waals surface area contributed by atoms with Crippen molar-refractivity contribution in [1.82, 2.24) is 0 Å². The third-order valence-electron chi connectivity index (χ3n) is 5.95. The van der Waals surface area contributed by atoms with Gasteiger partial charge in [-0.3, -0.25) is 0 Å². The van der Waals surface area contributed by atoms with Gasteiger partial charge in [-0.2, -0.15) is 26.3 Å². The summed E-state index contributed by atoms with van der Waals surface area (Å²) in [5.74, 6) is 11.9. The van der Waals surface area contributed by atoms with E-state index >= 15 is 0 Å². The Balaban J connectivity index is 1.11. The molecule has 0 nitrogen and oxygen atoms in total. The molecule has 0 spiro atoms. The molecule has 6 rings (SSSR count). The highest BCUT2D eigenvalue weighted by Gasteiger charge is 2.30. The van der Waals surface area contributed by atoms with Gasteiger partial charge in [0.25, 0.3) is 0 Å². The van der Waals surface area contributed by atoms with Gasteiger partial charge >= 0.3 is 12.4 Å². The summed E-state index contributed by atoms with van der Waals surface area (Å²) in [6.07, 6.45) is -4.60. The van der Waals surface area contributed by atoms with Crippen molar-refractivity contribution in [3.05, 3.63) is 115 Å². The van der Waals surface area contributed by atoms with E-state index in [1.807, 2.05) is 12.1 Å². The first-order chi connectivity index (χ1) is 20.0. The van der Waals surface area contributed by atoms with Gasteiger partial charge in [0, 0.05) is 39.7 Å². The van der Waals surface area contributed by atoms with Gasteiger partial charge < -0.3 is 0 Å². The van der Waals surface area contributed by atoms with Crippen molar-refractivity contribution in [3.63, 3.8) is 0 Å². The first-order valence-electron chi connectivity index (χ1n) is 12.1. The van der Waals surface area contributed by atoms with Gasteiger partial charge in [0.15, 0.2) is 0 Å². The summed E-state index contributed by atoms with van der Waals surface area (Å²) >= 11 is 6.36. The summed E-state index contributed by atoms with van der Waals surface area (Å²) in [5, 5.41) is 0. The van der Waals surface area contributed by atoms with Crippen LogP contribution in [0.4, 0.5) is 26.3 Å². The van der Waals surface area contributed by atoms with Crippen LogP contribution in [0, 0.1) is 23.7 Å². The minimum Gasteiger partial charge on any atom is -0.166 e. The molecule has 0 saturated carbocycles. The molecule has 0 saturated heterocycles. The molecule has 6 aromatic rings. The van der Waals surface area contributed by atoms with E-state index < -0.39 is 23.5 Å². The fraction of sp³-hybridized carbons (Fsp3) is 0.0625. The summed E-state index contributed by atoms with van der Waals surface area (Å²) in [7, 11) is 0. The standard InChI is InChI=1S/C32H14F6S4/c33-31(34,35)21-7-1-19(2-8-21)5-11-23-15-27-29(39-23)17-25(41-27)13-14-26-18-30-28(42-26)16-24(40-30)12-6-20-3-9-22(10-4-20)32(36,37)38/h1-4,7-10,13-18H/b14-13+. The molecular weight excluding hydrogens is 627 g/mol. The molecule has 0 aliphatic carbocycles. The van der Waals surface area contributed by atoms with Crippen molar-refractivity contribution < 1.29 is 26.3 Å². The summed E-state index contributed by atoms with van der Waals surface area (Å²) in [6.45, 7) is 0. The Morgan fingerprint density at radius 1 is 0.452 bits per heavy atom. The molecule has 2 aromatic carbocycles. The second-order valence-electron chi connectivity index (χ2n) is 8.96. The third-order valence-corrected chi connectivity index (χ3v) is 10.3. The first-order valence-corrected chi connectivity index (χ1v) is 15.4. The minimum atomic E-state index is -4.36. The lowest BCUT2D eigenvalue weighted by atomic mass is 10.1. The Morgan fingerprint density at radius 2 is 0.810 bits per heavy atom. The average Bonchev–Trinajstić information content (AvgIpc) is 3.68. The highest BCUT2D eigenvalue weighted by atomic mass is 32.1. The predicted octanol–water partition coefficient (Wildman–Crippen LogP) is 11.2. The van der Waals surface area contributed by atoms with Gasteiger partial charge in [-0.25, -0.2) is 0 Å². The van der Waals surface area contributed by atoms with E-state index in [1.165, 1.54) is 24.3 Å². The van der Waals surface area contributed by atoms with E-state index in [0.29, 0.717) is 11.1 Å². The smallest absolute Gasteiger partial charge is 0.166 e. The van der Waals surface area contributed by atoms with Gasteiger partial charge in [-0.1, -0.05) is 23.7 Å². The van der Waals surface area contributed by atoms with Gasteiger partial charge in [0.05, 0.1) is 20.9 Å². The van der Waals surface area contributed by atoms with Gasteiger partial charge in [-0.05, 0) is 84.9 Å². The molecule has 0 N–H and O–H groups in total. The second kappa shape index (κ2) is 11.1. The van der Waals surface area contributed by atoms with Crippen LogP contribution in [0.1, 0.15) is 41.8 Å². The van der Waals surface area contributed by atoms with Crippen LogP contribution >= 0.6 is 45.3 Å². The molecule has 208 valence electrons. The van der Waals surface area contributed by atoms with Crippen LogP contribution in [0.5, 0.6) is 0 Å². The van der Waals surface area contributed by atoms with Crippen molar-refractivity contribution in [2.24, 2.45) is 0 Å². The van der Waals surface area contributed by atoms with E-state index in [0.717, 1.165) is 62.6 Å². The molecule has 0 fully saturated rings. The zero-order valence-corrected chi connectivity index (χ0v) is 24.2. The van der Waals surface area contributed by atoms with Crippen molar-refractivity contribution >= 4 is 76.3 Å². The van der Waals surface area contributed by atoms with Gasteiger partial charge in [0.1, 0.15) is 0 Å². The monoisotopic (exact) mass is 640 g/mol. The van der Waals surface area contributed by atoms with E-state index in [-0.39, 0.29) is 0 Å². The Morgan fingerprint density at radius 3 is 1.14 bits per heavy atom. The topological polar surface area (TPSA) is 0 Å². The molecule has 10 heteroatoms. The molecule has 0 unspecified atom stereocenters. The first kappa shape index (κ1) is 28.3. The second-order valence-corrected chi connectivity index (χ2v) is 13.4. The van der Waals surface area contributed by atoms with Crippen LogP contribution in [-0.4, -0.2) is 0 Å². The van der Waals surface area contributed by atoms with Crippen molar-refractivity contribution in [1.29, 1.82) is 0 Å². The summed E-state index contributed by atoms with van der Waals surface area (Å²) < 4.78 is 80.8. The normalized spacial score (nSPS) is 12.0. The number of hydrogen-bond acceptors (Lipinski definition) is 4. The average molecular weight is 641 g/mol. The summed E-state index contributed by atoms with van der Waals surface area (Å²) in [6, 6.07) is 17.8. The zero-order valence-electron chi connectivity index (χ0n) is 21.0. The van der Waals surface area contributed by atoms with Crippen molar-refractivity contribution in [2.75, 3.05) is 0 Å². The van der Waals surface area contributed by atoms with Crippen LogP contribution in [0.3, 0.4) is 0 Å². The number of fused-ring (bicyclic) bond motifs is 2. The maximum atomic E-state index is 12.7. The van der Waals surface area contributed by atoms with Crippen LogP contribution in [0.15, 0.2) is 72.8 Å². The molecule has 0 bridgehead atoms. The highest BCUT2D eigenvalue weighted by molar-refractivity contribution is 7.29. The number of hydrogen-bond donors (Lipinski definition) is 0. The van der Waals surface area contributed by atoms with E-state index in [4.69, 9.17) is 0 Å². The highest BCUT2D eigenvalue weighted by Crippen LogP contribution is 2.37. The van der Waals surface area contributed by atoms with Crippen LogP contribution in [0.25, 0.3) is 31.0 Å². The number of benzene rings is 2. The SMILES string of the molecule is FC(F)(F)c1ccc(C#Cc2cc3sc(/C=C/c4cc5sc(C#Cc6ccc(C(F)(F)F)cc6)cc5s4)cc3s2)cc1. The number of rotatable bonds is 2. The maximum absolute atomic E-state index is 12.7. The fourth-order valence-corrected chi connectivity index (χ4v) is 8.24. The molecule has 4 aromatic heterocycles. The van der Waals surface area contributed by atoms with Crippen LogP contribution in [0.2, 0.25) is 0 Å². The molecule has 4 heterocycles. The Bertz CT molecular complexity index is 1840. The molecular formula is C32H14F6S4. The van der Waals surface area contributed by atoms with Gasteiger partial charge in [-0.15, -0.1) is 45.3 Å². The number of thiophene rings is 4. The predicted molar refractivity (Wildman–Crippen MR) is 163 cm³/mol. The fourth-order valence-electron chi connectivity index (χ4n) is 3.91. The molecule has 0 atom stereocenters. The Kier molecular flexibility index (Phi) is 7.50. The van der Waals surface area contributed by atoms with E-state index in [1.54, 1.807) is 45.3 Å². The zero-order chi connectivity index (χ0) is 29.5. The Labute approximate surface area is 252 Å². The molecule has 0 amide bonds. The molecule has 42 heavy (non-hydrogen) atoms. The van der Waals surface area contributed by atoms with E-state index in [2.05, 4.69) is 48.0 Å². The van der Waals surface area contributed by atoms with Crippen molar-refractivity contribution in [2.45, 2.75) is 12.4 Å². The lowest BCUT2D eigenvalue weighted by Crippen LogP contribution is -2.04. The number of alkyl halides is 6. The van der Waals surface area contributed by atoms with Crippen molar-refractivity contribution in [3.8, 4) is 23.7 Å². The minimum absolute atomic E-state index is 0.526. The van der Waals surface area contributed by atoms with Gasteiger partial charge in [0.2, 0.25) is 0 Å². The molecule has 0 aliphatic heterocycles. The summed E-state index contributed by atoms with van der Waals surface area (Å²) in [5.41, 5.74) is -0.335.